The van der Waals surface area contributed by atoms with Crippen molar-refractivity contribution in [3.63, 3.8) is 0 Å². The first-order valence-corrected chi connectivity index (χ1v) is 17.0. The zero-order chi connectivity index (χ0) is 33.0. The van der Waals surface area contributed by atoms with E-state index in [1.165, 1.54) is 38.2 Å². The molecule has 2 atom stereocenters. The minimum absolute atomic E-state index is 0.0663. The van der Waals surface area contributed by atoms with Crippen LogP contribution in [-0.4, -0.2) is 19.1 Å². The van der Waals surface area contributed by atoms with Crippen molar-refractivity contribution in [1.29, 1.82) is 0 Å². The molecule has 1 aliphatic heterocycles. The van der Waals surface area contributed by atoms with E-state index in [2.05, 4.69) is 165 Å². The Bertz CT molecular complexity index is 2580. The highest BCUT2D eigenvalue weighted by molar-refractivity contribution is 6.19. The van der Waals surface area contributed by atoms with Crippen LogP contribution < -0.4 is 16.0 Å². The lowest BCUT2D eigenvalue weighted by molar-refractivity contribution is 0.202. The van der Waals surface area contributed by atoms with E-state index in [1.807, 2.05) is 24.5 Å². The van der Waals surface area contributed by atoms with Gasteiger partial charge in [-0.15, -0.1) is 0 Å². The summed E-state index contributed by atoms with van der Waals surface area (Å²) in [5.41, 5.74) is 8.90. The molecule has 240 valence electrons. The van der Waals surface area contributed by atoms with Gasteiger partial charge in [-0.25, -0.2) is 9.97 Å². The van der Waals surface area contributed by atoms with Gasteiger partial charge in [-0.05, 0) is 47.5 Å². The lowest BCUT2D eigenvalue weighted by Crippen LogP contribution is -2.54. The van der Waals surface area contributed by atoms with E-state index in [-0.39, 0.29) is 18.5 Å². The van der Waals surface area contributed by atoms with Crippen LogP contribution in [0.2, 0.25) is 0 Å². The first-order valence-electron chi connectivity index (χ1n) is 17.0. The van der Waals surface area contributed by atoms with Crippen LogP contribution in [-0.2, 0) is 0 Å². The Morgan fingerprint density at radius 2 is 0.820 bits per heavy atom. The summed E-state index contributed by atoms with van der Waals surface area (Å²) in [5.74, 6) is 0.634. The van der Waals surface area contributed by atoms with Gasteiger partial charge >= 0.3 is 0 Å². The predicted molar refractivity (Wildman–Crippen MR) is 201 cm³/mol. The molecule has 1 fully saturated rings. The summed E-state index contributed by atoms with van der Waals surface area (Å²) in [6.45, 7) is 0. The van der Waals surface area contributed by atoms with Gasteiger partial charge < -0.3 is 4.57 Å². The SMILES string of the molecule is c1ccc(C2NC(c3ccccc3)NC(c3cnc(-n4c5ccccc5c5cc6c7ccccc7n(-c7ccccc7)c6cc54)nc3)N2)cc1. The van der Waals surface area contributed by atoms with Gasteiger partial charge in [0.15, 0.2) is 0 Å². The Kier molecular flexibility index (Phi) is 6.80. The highest BCUT2D eigenvalue weighted by atomic mass is 15.4. The summed E-state index contributed by atoms with van der Waals surface area (Å²) < 4.78 is 4.56. The molecule has 1 aliphatic rings. The average Bonchev–Trinajstić information content (AvgIpc) is 3.70. The Balaban J connectivity index is 1.10. The largest absolute Gasteiger partial charge is 0.309 e. The molecule has 50 heavy (non-hydrogen) atoms. The number of rotatable bonds is 5. The molecule has 0 spiro atoms. The molecule has 0 amide bonds. The van der Waals surface area contributed by atoms with Crippen LogP contribution in [0, 0.1) is 0 Å². The molecule has 1 saturated heterocycles. The fourth-order valence-corrected chi connectivity index (χ4v) is 7.61. The van der Waals surface area contributed by atoms with Crippen LogP contribution >= 0.6 is 0 Å². The van der Waals surface area contributed by atoms with Crippen molar-refractivity contribution >= 4 is 43.6 Å². The van der Waals surface area contributed by atoms with Crippen LogP contribution in [0.4, 0.5) is 0 Å². The summed E-state index contributed by atoms with van der Waals surface area (Å²) in [6.07, 6.45) is 3.58. The number of benzene rings is 6. The van der Waals surface area contributed by atoms with E-state index in [0.29, 0.717) is 5.95 Å². The number of para-hydroxylation sites is 3. The van der Waals surface area contributed by atoms with Crippen LogP contribution in [0.3, 0.4) is 0 Å². The lowest BCUT2D eigenvalue weighted by Gasteiger charge is -2.39. The summed E-state index contributed by atoms with van der Waals surface area (Å²) in [6, 6.07) is 53.4. The maximum absolute atomic E-state index is 5.04. The Labute approximate surface area is 288 Å². The molecule has 3 N–H and O–H groups in total. The van der Waals surface area contributed by atoms with Crippen molar-refractivity contribution in [3.8, 4) is 11.6 Å². The van der Waals surface area contributed by atoms with Crippen molar-refractivity contribution in [2.75, 3.05) is 0 Å². The number of nitrogens with one attached hydrogen (secondary N) is 3. The molecule has 3 aromatic heterocycles. The van der Waals surface area contributed by atoms with Crippen LogP contribution in [0.15, 0.2) is 164 Å². The topological polar surface area (TPSA) is 71.7 Å². The minimum Gasteiger partial charge on any atom is -0.309 e. The standard InChI is InChI=1S/C43H33N7/c1-4-14-28(15-5-1)40-46-41(29-16-6-2-7-17-29)48-42(47-40)30-26-44-43(45-27-30)50-37-23-13-11-21-33(37)35-24-34-32-20-10-12-22-36(32)49(38(34)25-39(35)50)31-18-8-3-9-19-31/h1-27,40-42,46-48H. The third kappa shape index (κ3) is 4.71. The van der Waals surface area contributed by atoms with Gasteiger partial charge in [0, 0.05) is 45.2 Å². The van der Waals surface area contributed by atoms with Gasteiger partial charge in [0.25, 0.3) is 0 Å². The second kappa shape index (κ2) is 11.8. The van der Waals surface area contributed by atoms with Crippen molar-refractivity contribution in [1.82, 2.24) is 35.1 Å². The first-order chi connectivity index (χ1) is 24.8. The van der Waals surface area contributed by atoms with Crippen LogP contribution in [0.5, 0.6) is 0 Å². The normalized spacial score (nSPS) is 18.0. The molecule has 2 unspecified atom stereocenters. The molecule has 0 saturated carbocycles. The lowest BCUT2D eigenvalue weighted by atomic mass is 10.1. The molecule has 10 rings (SSSR count). The summed E-state index contributed by atoms with van der Waals surface area (Å²) in [5, 5.41) is 16.0. The third-order valence-corrected chi connectivity index (χ3v) is 9.94. The molecule has 0 bridgehead atoms. The molecule has 6 aromatic carbocycles. The van der Waals surface area contributed by atoms with Crippen molar-refractivity contribution in [3.05, 3.63) is 181 Å². The number of hydrogen-bond acceptors (Lipinski definition) is 5. The zero-order valence-corrected chi connectivity index (χ0v) is 27.1. The summed E-state index contributed by atoms with van der Waals surface area (Å²) >= 11 is 0. The van der Waals surface area contributed by atoms with Crippen molar-refractivity contribution < 1.29 is 0 Å². The van der Waals surface area contributed by atoms with Gasteiger partial charge in [-0.3, -0.25) is 20.5 Å². The fraction of sp³-hybridized carbons (Fsp3) is 0.0698. The smallest absolute Gasteiger partial charge is 0.234 e. The number of hydrogen-bond donors (Lipinski definition) is 3. The second-order valence-corrected chi connectivity index (χ2v) is 12.9. The van der Waals surface area contributed by atoms with Gasteiger partial charge in [-0.2, -0.15) is 0 Å². The van der Waals surface area contributed by atoms with Gasteiger partial charge in [0.1, 0.15) is 0 Å². The van der Waals surface area contributed by atoms with E-state index in [4.69, 9.17) is 9.97 Å². The number of fused-ring (bicyclic) bond motifs is 6. The zero-order valence-electron chi connectivity index (χ0n) is 27.1. The number of nitrogens with zero attached hydrogens (tertiary/aromatic N) is 4. The molecular formula is C43H33N7. The van der Waals surface area contributed by atoms with Crippen LogP contribution in [0.1, 0.15) is 35.2 Å². The maximum Gasteiger partial charge on any atom is 0.234 e. The molecule has 7 heteroatoms. The Hall–Kier alpha value is -6.12. The van der Waals surface area contributed by atoms with E-state index in [9.17, 15) is 0 Å². The fourth-order valence-electron chi connectivity index (χ4n) is 7.61. The van der Waals surface area contributed by atoms with Gasteiger partial charge in [0.2, 0.25) is 5.95 Å². The predicted octanol–water partition coefficient (Wildman–Crippen LogP) is 8.85. The van der Waals surface area contributed by atoms with E-state index in [1.54, 1.807) is 0 Å². The molecule has 0 aliphatic carbocycles. The molecule has 4 heterocycles. The maximum atomic E-state index is 5.04. The summed E-state index contributed by atoms with van der Waals surface area (Å²) in [4.78, 5) is 10.1. The van der Waals surface area contributed by atoms with Crippen molar-refractivity contribution in [2.24, 2.45) is 0 Å². The van der Waals surface area contributed by atoms with Gasteiger partial charge in [-0.1, -0.05) is 115 Å². The quantitative estimate of drug-likeness (QED) is 0.174. The first kappa shape index (κ1) is 28.9. The highest BCUT2D eigenvalue weighted by Crippen LogP contribution is 2.39. The molecule has 0 radical (unpaired) electrons. The van der Waals surface area contributed by atoms with E-state index in [0.717, 1.165) is 27.8 Å². The summed E-state index contributed by atoms with van der Waals surface area (Å²) in [7, 11) is 0. The highest BCUT2D eigenvalue weighted by Gasteiger charge is 2.30. The second-order valence-electron chi connectivity index (χ2n) is 12.9. The molecular weight excluding hydrogens is 615 g/mol. The van der Waals surface area contributed by atoms with E-state index < -0.39 is 0 Å². The minimum atomic E-state index is -0.180. The average molecular weight is 648 g/mol. The molecule has 9 aromatic rings. The van der Waals surface area contributed by atoms with Gasteiger partial charge in [0.05, 0.1) is 40.6 Å². The monoisotopic (exact) mass is 647 g/mol. The third-order valence-electron chi connectivity index (χ3n) is 9.94. The van der Waals surface area contributed by atoms with E-state index >= 15 is 0 Å². The molecule has 7 nitrogen and oxygen atoms in total. The Morgan fingerprint density at radius 3 is 1.38 bits per heavy atom. The number of aromatic nitrogens is 4. The Morgan fingerprint density at radius 1 is 0.380 bits per heavy atom. The van der Waals surface area contributed by atoms with Crippen LogP contribution in [0.25, 0.3) is 55.2 Å². The van der Waals surface area contributed by atoms with Crippen molar-refractivity contribution in [2.45, 2.75) is 18.5 Å².